The van der Waals surface area contributed by atoms with Gasteiger partial charge in [-0.05, 0) is 31.9 Å². The van der Waals surface area contributed by atoms with Gasteiger partial charge < -0.3 is 10.0 Å². The van der Waals surface area contributed by atoms with Gasteiger partial charge in [-0.15, -0.1) is 0 Å². The number of likely N-dealkylation sites (tertiary alicyclic amines) is 1. The summed E-state index contributed by atoms with van der Waals surface area (Å²) in [7, 11) is 0. The molecule has 0 saturated carbocycles. The molecule has 1 aliphatic heterocycles. The van der Waals surface area contributed by atoms with Gasteiger partial charge in [0.1, 0.15) is 0 Å². The molecule has 0 spiro atoms. The highest BCUT2D eigenvalue weighted by Crippen LogP contribution is 2.18. The maximum atomic E-state index is 12.3. The predicted octanol–water partition coefficient (Wildman–Crippen LogP) is 2.24. The molecule has 1 saturated heterocycles. The third-order valence-electron chi connectivity index (χ3n) is 3.63. The molecule has 1 aliphatic rings. The molecule has 102 valence electrons. The quantitative estimate of drug-likeness (QED) is 0.846. The van der Waals surface area contributed by atoms with Crippen molar-refractivity contribution in [3.8, 4) is 0 Å². The molecule has 3 heteroatoms. The van der Waals surface area contributed by atoms with E-state index in [9.17, 15) is 4.79 Å². The summed E-state index contributed by atoms with van der Waals surface area (Å²) in [6, 6.07) is 8.13. The molecule has 1 atom stereocenters. The van der Waals surface area contributed by atoms with Crippen molar-refractivity contribution in [2.24, 2.45) is 5.92 Å². The molecule has 1 amide bonds. The van der Waals surface area contributed by atoms with Crippen LogP contribution < -0.4 is 0 Å². The van der Waals surface area contributed by atoms with Crippen LogP contribution in [-0.4, -0.2) is 35.6 Å². The van der Waals surface area contributed by atoms with Crippen LogP contribution in [0.1, 0.15) is 24.5 Å². The second-order valence-corrected chi connectivity index (χ2v) is 5.33. The minimum atomic E-state index is 0.0801. The highest BCUT2D eigenvalue weighted by atomic mass is 16.3. The van der Waals surface area contributed by atoms with E-state index in [4.69, 9.17) is 5.11 Å². The lowest BCUT2D eigenvalue weighted by molar-refractivity contribution is -0.126. The van der Waals surface area contributed by atoms with Crippen molar-refractivity contribution in [1.82, 2.24) is 4.90 Å². The first-order valence-corrected chi connectivity index (χ1v) is 6.75. The van der Waals surface area contributed by atoms with Crippen molar-refractivity contribution in [1.29, 1.82) is 0 Å². The minimum absolute atomic E-state index is 0.0801. The lowest BCUT2D eigenvalue weighted by atomic mass is 10.1. The lowest BCUT2D eigenvalue weighted by Crippen LogP contribution is -2.29. The van der Waals surface area contributed by atoms with Crippen LogP contribution in [0.4, 0.5) is 0 Å². The highest BCUT2D eigenvalue weighted by Gasteiger charge is 2.26. The maximum Gasteiger partial charge on any atom is 0.249 e. The number of amides is 1. The fraction of sp³-hybridized carbons (Fsp3) is 0.438. The van der Waals surface area contributed by atoms with E-state index in [0.29, 0.717) is 6.54 Å². The van der Waals surface area contributed by atoms with Crippen molar-refractivity contribution in [2.45, 2.75) is 20.3 Å². The molecule has 1 heterocycles. The standard InChI is InChI=1S/C16H21NO2/c1-12-3-5-14(6-4-12)9-13(2)16(19)17-8-7-15(10-17)11-18/h3-6,9,15,18H,7-8,10-11H2,1-2H3/b13-9-. The van der Waals surface area contributed by atoms with Crippen LogP contribution in [0.5, 0.6) is 0 Å². The number of carbonyl (C=O) groups excluding carboxylic acids is 1. The zero-order chi connectivity index (χ0) is 13.8. The van der Waals surface area contributed by atoms with Crippen molar-refractivity contribution < 1.29 is 9.90 Å². The van der Waals surface area contributed by atoms with Crippen LogP contribution >= 0.6 is 0 Å². The number of hydrogen-bond acceptors (Lipinski definition) is 2. The Balaban J connectivity index is 2.04. The number of benzene rings is 1. The molecule has 19 heavy (non-hydrogen) atoms. The Morgan fingerprint density at radius 1 is 1.42 bits per heavy atom. The van der Waals surface area contributed by atoms with E-state index in [1.807, 2.05) is 49.1 Å². The van der Waals surface area contributed by atoms with E-state index in [-0.39, 0.29) is 18.4 Å². The van der Waals surface area contributed by atoms with Gasteiger partial charge in [-0.3, -0.25) is 4.79 Å². The topological polar surface area (TPSA) is 40.5 Å². The number of aliphatic hydroxyl groups excluding tert-OH is 1. The fourth-order valence-electron chi connectivity index (χ4n) is 2.39. The third kappa shape index (κ3) is 3.44. The average molecular weight is 259 g/mol. The molecule has 1 unspecified atom stereocenters. The van der Waals surface area contributed by atoms with Gasteiger partial charge in [-0.25, -0.2) is 0 Å². The van der Waals surface area contributed by atoms with E-state index in [1.165, 1.54) is 5.56 Å². The zero-order valence-electron chi connectivity index (χ0n) is 11.6. The number of aryl methyl sites for hydroxylation is 1. The van der Waals surface area contributed by atoms with Gasteiger partial charge in [0.25, 0.3) is 0 Å². The second kappa shape index (κ2) is 6.02. The largest absolute Gasteiger partial charge is 0.396 e. The SMILES string of the molecule is C/C(=C/c1ccc(C)cc1)C(=O)N1CCC(CO)C1. The van der Waals surface area contributed by atoms with Gasteiger partial charge in [0.05, 0.1) is 0 Å². The summed E-state index contributed by atoms with van der Waals surface area (Å²) in [6.45, 7) is 5.50. The third-order valence-corrected chi connectivity index (χ3v) is 3.63. The summed E-state index contributed by atoms with van der Waals surface area (Å²) in [4.78, 5) is 14.1. The number of carbonyl (C=O) groups is 1. The van der Waals surface area contributed by atoms with Gasteiger partial charge in [-0.2, -0.15) is 0 Å². The summed E-state index contributed by atoms with van der Waals surface area (Å²) in [5.74, 6) is 0.327. The number of hydrogen-bond donors (Lipinski definition) is 1. The summed E-state index contributed by atoms with van der Waals surface area (Å²) >= 11 is 0. The molecule has 0 radical (unpaired) electrons. The van der Waals surface area contributed by atoms with Crippen LogP contribution in [0, 0.1) is 12.8 Å². The Morgan fingerprint density at radius 3 is 2.68 bits per heavy atom. The van der Waals surface area contributed by atoms with E-state index in [0.717, 1.165) is 24.1 Å². The van der Waals surface area contributed by atoms with Gasteiger partial charge in [0.2, 0.25) is 5.91 Å². The van der Waals surface area contributed by atoms with Crippen LogP contribution in [0.25, 0.3) is 6.08 Å². The van der Waals surface area contributed by atoms with E-state index in [2.05, 4.69) is 0 Å². The highest BCUT2D eigenvalue weighted by molar-refractivity contribution is 5.97. The molecule has 0 aliphatic carbocycles. The zero-order valence-corrected chi connectivity index (χ0v) is 11.6. The lowest BCUT2D eigenvalue weighted by Gasteiger charge is -2.16. The van der Waals surface area contributed by atoms with E-state index < -0.39 is 0 Å². The summed E-state index contributed by atoms with van der Waals surface area (Å²) in [5, 5.41) is 9.11. The molecule has 1 fully saturated rings. The van der Waals surface area contributed by atoms with Gasteiger partial charge >= 0.3 is 0 Å². The Hall–Kier alpha value is -1.61. The molecule has 1 N–H and O–H groups in total. The number of rotatable bonds is 3. The first kappa shape index (κ1) is 13.8. The Kier molecular flexibility index (Phi) is 4.38. The first-order chi connectivity index (χ1) is 9.10. The smallest absolute Gasteiger partial charge is 0.249 e. The first-order valence-electron chi connectivity index (χ1n) is 6.75. The Morgan fingerprint density at radius 2 is 2.11 bits per heavy atom. The summed E-state index contributed by atoms with van der Waals surface area (Å²) < 4.78 is 0. The number of aliphatic hydroxyl groups is 1. The molecule has 3 nitrogen and oxygen atoms in total. The summed E-state index contributed by atoms with van der Waals surface area (Å²) in [5.41, 5.74) is 3.02. The maximum absolute atomic E-state index is 12.3. The fourth-order valence-corrected chi connectivity index (χ4v) is 2.39. The van der Waals surface area contributed by atoms with Crippen LogP contribution in [0.15, 0.2) is 29.8 Å². The monoisotopic (exact) mass is 259 g/mol. The molecule has 1 aromatic rings. The van der Waals surface area contributed by atoms with Gasteiger partial charge in [0, 0.05) is 31.2 Å². The van der Waals surface area contributed by atoms with Gasteiger partial charge in [-0.1, -0.05) is 29.8 Å². The van der Waals surface area contributed by atoms with E-state index in [1.54, 1.807) is 0 Å². The minimum Gasteiger partial charge on any atom is -0.396 e. The molecule has 1 aromatic carbocycles. The Labute approximate surface area is 114 Å². The predicted molar refractivity (Wildman–Crippen MR) is 76.6 cm³/mol. The molecular formula is C16H21NO2. The van der Waals surface area contributed by atoms with Crippen molar-refractivity contribution in [2.75, 3.05) is 19.7 Å². The molecule has 2 rings (SSSR count). The normalized spacial score (nSPS) is 19.8. The summed E-state index contributed by atoms with van der Waals surface area (Å²) in [6.07, 6.45) is 2.83. The van der Waals surface area contributed by atoms with Crippen molar-refractivity contribution in [3.63, 3.8) is 0 Å². The molecule has 0 aromatic heterocycles. The van der Waals surface area contributed by atoms with Crippen LogP contribution in [0.3, 0.4) is 0 Å². The average Bonchev–Trinajstić information content (AvgIpc) is 2.89. The van der Waals surface area contributed by atoms with Crippen LogP contribution in [-0.2, 0) is 4.79 Å². The van der Waals surface area contributed by atoms with Crippen molar-refractivity contribution in [3.05, 3.63) is 41.0 Å². The van der Waals surface area contributed by atoms with Gasteiger partial charge in [0.15, 0.2) is 0 Å². The molecule has 0 bridgehead atoms. The van der Waals surface area contributed by atoms with Crippen LogP contribution in [0.2, 0.25) is 0 Å². The molecular weight excluding hydrogens is 238 g/mol. The number of nitrogens with zero attached hydrogens (tertiary/aromatic N) is 1. The second-order valence-electron chi connectivity index (χ2n) is 5.33. The van der Waals surface area contributed by atoms with E-state index >= 15 is 0 Å². The van der Waals surface area contributed by atoms with Crippen molar-refractivity contribution >= 4 is 12.0 Å². The Bertz CT molecular complexity index is 476.